The first-order chi connectivity index (χ1) is 8.09. The molecule has 0 fully saturated rings. The summed E-state index contributed by atoms with van der Waals surface area (Å²) in [5.74, 6) is 1.81. The van der Waals surface area contributed by atoms with Crippen molar-refractivity contribution in [3.63, 3.8) is 0 Å². The monoisotopic (exact) mass is 230 g/mol. The lowest BCUT2D eigenvalue weighted by atomic mass is 10.1. The van der Waals surface area contributed by atoms with E-state index in [0.717, 1.165) is 17.0 Å². The highest BCUT2D eigenvalue weighted by atomic mass is 15.2. The molecule has 1 aromatic carbocycles. The molecule has 3 N–H and O–H groups in total. The van der Waals surface area contributed by atoms with Gasteiger partial charge in [0.05, 0.1) is 6.04 Å². The first kappa shape index (κ1) is 11.8. The third kappa shape index (κ3) is 2.36. The Morgan fingerprint density at radius 3 is 2.59 bits per heavy atom. The molecule has 0 aliphatic carbocycles. The van der Waals surface area contributed by atoms with Crippen LogP contribution in [0.25, 0.3) is 11.4 Å². The fourth-order valence-corrected chi connectivity index (χ4v) is 1.68. The van der Waals surface area contributed by atoms with E-state index in [1.807, 2.05) is 31.2 Å². The molecule has 2 rings (SSSR count). The summed E-state index contributed by atoms with van der Waals surface area (Å²) < 4.78 is 0. The minimum Gasteiger partial charge on any atom is -0.321 e. The van der Waals surface area contributed by atoms with E-state index in [4.69, 9.17) is 5.73 Å². The number of nitrogens with zero attached hydrogens (tertiary/aromatic N) is 2. The molecule has 0 amide bonds. The molecule has 90 valence electrons. The average Bonchev–Trinajstić information content (AvgIpc) is 2.77. The standard InChI is InChI=1S/C13H18N4/c1-8(2)11(14)13-15-12(16-17-13)10-7-5-4-6-9(10)3/h4-8,11H,14H2,1-3H3,(H,15,16,17)/t11-/m1/s1. The van der Waals surface area contributed by atoms with Gasteiger partial charge in [0.2, 0.25) is 0 Å². The molecule has 17 heavy (non-hydrogen) atoms. The van der Waals surface area contributed by atoms with E-state index in [0.29, 0.717) is 11.7 Å². The van der Waals surface area contributed by atoms with Crippen molar-refractivity contribution in [2.24, 2.45) is 11.7 Å². The summed E-state index contributed by atoms with van der Waals surface area (Å²) >= 11 is 0. The Bertz CT molecular complexity index is 502. The summed E-state index contributed by atoms with van der Waals surface area (Å²) in [5, 5.41) is 7.16. The maximum atomic E-state index is 6.03. The van der Waals surface area contributed by atoms with E-state index in [2.05, 4.69) is 29.0 Å². The molecule has 0 bridgehead atoms. The Morgan fingerprint density at radius 1 is 1.24 bits per heavy atom. The molecule has 0 spiro atoms. The van der Waals surface area contributed by atoms with Gasteiger partial charge in [-0.3, -0.25) is 5.10 Å². The summed E-state index contributed by atoms with van der Waals surface area (Å²) in [4.78, 5) is 4.47. The second kappa shape index (κ2) is 4.67. The van der Waals surface area contributed by atoms with E-state index in [1.165, 1.54) is 0 Å². The van der Waals surface area contributed by atoms with Gasteiger partial charge in [0.1, 0.15) is 5.82 Å². The van der Waals surface area contributed by atoms with Crippen LogP contribution in [0, 0.1) is 12.8 Å². The lowest BCUT2D eigenvalue weighted by Gasteiger charge is -2.11. The van der Waals surface area contributed by atoms with Crippen LogP contribution in [0.15, 0.2) is 24.3 Å². The van der Waals surface area contributed by atoms with Gasteiger partial charge in [-0.05, 0) is 18.4 Å². The van der Waals surface area contributed by atoms with Gasteiger partial charge in [0.15, 0.2) is 5.82 Å². The summed E-state index contributed by atoms with van der Waals surface area (Å²) in [6.07, 6.45) is 0. The Morgan fingerprint density at radius 2 is 1.94 bits per heavy atom. The second-order valence-electron chi connectivity index (χ2n) is 4.63. The fraction of sp³-hybridized carbons (Fsp3) is 0.385. The van der Waals surface area contributed by atoms with Gasteiger partial charge < -0.3 is 5.73 Å². The number of H-pyrrole nitrogens is 1. The molecule has 1 aromatic heterocycles. The van der Waals surface area contributed by atoms with E-state index in [1.54, 1.807) is 0 Å². The number of nitrogens with one attached hydrogen (secondary N) is 1. The third-order valence-corrected chi connectivity index (χ3v) is 2.92. The third-order valence-electron chi connectivity index (χ3n) is 2.92. The van der Waals surface area contributed by atoms with Crippen LogP contribution in [0.2, 0.25) is 0 Å². The molecule has 0 aliphatic rings. The Kier molecular flexibility index (Phi) is 3.24. The molecule has 0 saturated carbocycles. The van der Waals surface area contributed by atoms with Crippen LogP contribution in [0.5, 0.6) is 0 Å². The quantitative estimate of drug-likeness (QED) is 0.851. The zero-order chi connectivity index (χ0) is 12.4. The van der Waals surface area contributed by atoms with E-state index < -0.39 is 0 Å². The molecular weight excluding hydrogens is 212 g/mol. The zero-order valence-corrected chi connectivity index (χ0v) is 10.4. The Balaban J connectivity index is 2.34. The van der Waals surface area contributed by atoms with Crippen LogP contribution < -0.4 is 5.73 Å². The van der Waals surface area contributed by atoms with Crippen LogP contribution in [-0.4, -0.2) is 15.2 Å². The number of aromatic amines is 1. The molecule has 0 unspecified atom stereocenters. The van der Waals surface area contributed by atoms with Crippen molar-refractivity contribution in [1.29, 1.82) is 0 Å². The smallest absolute Gasteiger partial charge is 0.181 e. The molecule has 4 nitrogen and oxygen atoms in total. The lowest BCUT2D eigenvalue weighted by molar-refractivity contribution is 0.492. The van der Waals surface area contributed by atoms with Crippen molar-refractivity contribution in [3.8, 4) is 11.4 Å². The highest BCUT2D eigenvalue weighted by Crippen LogP contribution is 2.21. The maximum absolute atomic E-state index is 6.03. The summed E-state index contributed by atoms with van der Waals surface area (Å²) in [6, 6.07) is 7.96. The molecule has 1 atom stereocenters. The number of aromatic nitrogens is 3. The maximum Gasteiger partial charge on any atom is 0.181 e. The second-order valence-corrected chi connectivity index (χ2v) is 4.63. The van der Waals surface area contributed by atoms with Crippen LogP contribution >= 0.6 is 0 Å². The van der Waals surface area contributed by atoms with Gasteiger partial charge >= 0.3 is 0 Å². The summed E-state index contributed by atoms with van der Waals surface area (Å²) in [7, 11) is 0. The highest BCUT2D eigenvalue weighted by Gasteiger charge is 2.16. The Hall–Kier alpha value is -1.68. The van der Waals surface area contributed by atoms with Crippen LogP contribution in [0.1, 0.15) is 31.3 Å². The summed E-state index contributed by atoms with van der Waals surface area (Å²) in [6.45, 7) is 6.19. The number of hydrogen-bond donors (Lipinski definition) is 2. The molecule has 0 saturated heterocycles. The van der Waals surface area contributed by atoms with Crippen molar-refractivity contribution >= 4 is 0 Å². The van der Waals surface area contributed by atoms with Crippen molar-refractivity contribution in [2.75, 3.05) is 0 Å². The summed E-state index contributed by atoms with van der Waals surface area (Å²) in [5.41, 5.74) is 8.24. The highest BCUT2D eigenvalue weighted by molar-refractivity contribution is 5.59. The first-order valence-electron chi connectivity index (χ1n) is 5.83. The van der Waals surface area contributed by atoms with Crippen molar-refractivity contribution < 1.29 is 0 Å². The SMILES string of the molecule is Cc1ccccc1-c1n[nH]c([C@H](N)C(C)C)n1. The largest absolute Gasteiger partial charge is 0.321 e. The van der Waals surface area contributed by atoms with Crippen molar-refractivity contribution in [1.82, 2.24) is 15.2 Å². The average molecular weight is 230 g/mol. The lowest BCUT2D eigenvalue weighted by Crippen LogP contribution is -2.18. The molecule has 0 radical (unpaired) electrons. The molecule has 0 aliphatic heterocycles. The van der Waals surface area contributed by atoms with Gasteiger partial charge in [0, 0.05) is 5.56 Å². The molecule has 4 heteroatoms. The number of nitrogens with two attached hydrogens (primary N) is 1. The number of benzene rings is 1. The minimum absolute atomic E-state index is 0.0970. The van der Waals surface area contributed by atoms with Gasteiger partial charge in [-0.1, -0.05) is 38.1 Å². The van der Waals surface area contributed by atoms with Crippen LogP contribution in [0.4, 0.5) is 0 Å². The molecule has 2 aromatic rings. The normalized spacial score (nSPS) is 13.0. The number of rotatable bonds is 3. The predicted molar refractivity (Wildman–Crippen MR) is 68.3 cm³/mol. The zero-order valence-electron chi connectivity index (χ0n) is 10.4. The van der Waals surface area contributed by atoms with Crippen molar-refractivity contribution in [2.45, 2.75) is 26.8 Å². The van der Waals surface area contributed by atoms with Crippen molar-refractivity contribution in [3.05, 3.63) is 35.7 Å². The minimum atomic E-state index is -0.0970. The van der Waals surface area contributed by atoms with Gasteiger partial charge in [-0.2, -0.15) is 5.10 Å². The van der Waals surface area contributed by atoms with Crippen LogP contribution in [-0.2, 0) is 0 Å². The molecule has 1 heterocycles. The van der Waals surface area contributed by atoms with E-state index in [-0.39, 0.29) is 6.04 Å². The topological polar surface area (TPSA) is 67.6 Å². The predicted octanol–water partition coefficient (Wildman–Crippen LogP) is 2.44. The fourth-order valence-electron chi connectivity index (χ4n) is 1.68. The van der Waals surface area contributed by atoms with Gasteiger partial charge in [0.25, 0.3) is 0 Å². The first-order valence-corrected chi connectivity index (χ1v) is 5.83. The number of hydrogen-bond acceptors (Lipinski definition) is 3. The van der Waals surface area contributed by atoms with E-state index in [9.17, 15) is 0 Å². The van der Waals surface area contributed by atoms with E-state index >= 15 is 0 Å². The van der Waals surface area contributed by atoms with Gasteiger partial charge in [-0.15, -0.1) is 0 Å². The number of aryl methyl sites for hydroxylation is 1. The van der Waals surface area contributed by atoms with Crippen LogP contribution in [0.3, 0.4) is 0 Å². The van der Waals surface area contributed by atoms with Gasteiger partial charge in [-0.25, -0.2) is 4.98 Å². The molecular formula is C13H18N4. The Labute approximate surface area is 101 Å².